The van der Waals surface area contributed by atoms with Gasteiger partial charge in [-0.1, -0.05) is 24.6 Å². The Kier molecular flexibility index (Phi) is 3.57. The highest BCUT2D eigenvalue weighted by Gasteiger charge is 2.42. The van der Waals surface area contributed by atoms with Crippen molar-refractivity contribution in [1.82, 2.24) is 5.32 Å². The van der Waals surface area contributed by atoms with Crippen molar-refractivity contribution >= 4 is 11.6 Å². The maximum atomic E-state index is 13.2. The molecule has 3 heteroatoms. The maximum Gasteiger partial charge on any atom is 0.141 e. The Labute approximate surface area is 119 Å². The van der Waals surface area contributed by atoms with E-state index in [1.54, 1.807) is 6.07 Å². The summed E-state index contributed by atoms with van der Waals surface area (Å²) in [5.74, 6) is 0.484. The van der Waals surface area contributed by atoms with Gasteiger partial charge in [-0.15, -0.1) is 0 Å². The zero-order valence-electron chi connectivity index (χ0n) is 11.4. The summed E-state index contributed by atoms with van der Waals surface area (Å²) in [6.45, 7) is 3.43. The van der Waals surface area contributed by atoms with Crippen LogP contribution in [0.2, 0.25) is 5.02 Å². The summed E-state index contributed by atoms with van der Waals surface area (Å²) < 4.78 is 13.2. The third-order valence-electron chi connectivity index (χ3n) is 4.53. The van der Waals surface area contributed by atoms with Gasteiger partial charge in [-0.3, -0.25) is 0 Å². The zero-order valence-corrected chi connectivity index (χ0v) is 12.1. The van der Waals surface area contributed by atoms with Crippen LogP contribution in [-0.2, 0) is 6.42 Å². The quantitative estimate of drug-likeness (QED) is 0.824. The minimum absolute atomic E-state index is 0.241. The second kappa shape index (κ2) is 5.06. The van der Waals surface area contributed by atoms with Crippen molar-refractivity contribution in [2.75, 3.05) is 6.54 Å². The van der Waals surface area contributed by atoms with Crippen LogP contribution in [-0.4, -0.2) is 12.6 Å². The molecule has 0 spiro atoms. The lowest BCUT2D eigenvalue weighted by molar-refractivity contribution is 0.254. The number of benzene rings is 1. The van der Waals surface area contributed by atoms with Gasteiger partial charge in [0, 0.05) is 12.6 Å². The predicted molar refractivity (Wildman–Crippen MR) is 77.0 cm³/mol. The van der Waals surface area contributed by atoms with Crippen LogP contribution < -0.4 is 5.32 Å². The summed E-state index contributed by atoms with van der Waals surface area (Å²) in [5.41, 5.74) is 1.43. The van der Waals surface area contributed by atoms with Gasteiger partial charge in [0.1, 0.15) is 5.82 Å². The second-order valence-electron chi connectivity index (χ2n) is 6.51. The Bertz CT molecular complexity index is 468. The molecule has 0 heterocycles. The zero-order chi connectivity index (χ0) is 13.5. The van der Waals surface area contributed by atoms with E-state index in [-0.39, 0.29) is 16.3 Å². The van der Waals surface area contributed by atoms with Crippen LogP contribution >= 0.6 is 11.6 Å². The van der Waals surface area contributed by atoms with Crippen LogP contribution in [0.5, 0.6) is 0 Å². The highest BCUT2D eigenvalue weighted by Crippen LogP contribution is 2.47. The molecule has 2 aliphatic rings. The molecule has 0 aliphatic heterocycles. The molecular weight excluding hydrogens is 261 g/mol. The van der Waals surface area contributed by atoms with Crippen molar-refractivity contribution in [3.8, 4) is 0 Å². The van der Waals surface area contributed by atoms with Gasteiger partial charge in [0.05, 0.1) is 5.02 Å². The summed E-state index contributed by atoms with van der Waals surface area (Å²) in [5, 5.41) is 3.90. The lowest BCUT2D eigenvalue weighted by atomic mass is 9.79. The predicted octanol–water partition coefficient (Wildman–Crippen LogP) is 4.19. The van der Waals surface area contributed by atoms with E-state index in [1.807, 2.05) is 6.07 Å². The van der Waals surface area contributed by atoms with E-state index in [9.17, 15) is 4.39 Å². The fraction of sp³-hybridized carbons (Fsp3) is 0.625. The SMILES string of the molecule is CC(CNC1CC1)(Cc1ccc(F)c(Cl)c1)C1CC1. The van der Waals surface area contributed by atoms with Crippen LogP contribution in [0.1, 0.15) is 38.2 Å². The van der Waals surface area contributed by atoms with Crippen molar-refractivity contribution < 1.29 is 4.39 Å². The molecule has 1 nitrogen and oxygen atoms in total. The lowest BCUT2D eigenvalue weighted by Gasteiger charge is -2.30. The van der Waals surface area contributed by atoms with Crippen molar-refractivity contribution in [3.05, 3.63) is 34.6 Å². The monoisotopic (exact) mass is 281 g/mol. The first-order valence-electron chi connectivity index (χ1n) is 7.24. The molecule has 0 bridgehead atoms. The Hall–Kier alpha value is -0.600. The first kappa shape index (κ1) is 13.4. The van der Waals surface area contributed by atoms with Crippen LogP contribution in [0.4, 0.5) is 4.39 Å². The molecule has 1 atom stereocenters. The molecule has 1 aromatic carbocycles. The fourth-order valence-corrected chi connectivity index (χ4v) is 3.12. The average Bonchev–Trinajstić information content (AvgIpc) is 3.25. The van der Waals surface area contributed by atoms with Crippen LogP contribution in [0.3, 0.4) is 0 Å². The van der Waals surface area contributed by atoms with E-state index >= 15 is 0 Å². The van der Waals surface area contributed by atoms with Gasteiger partial charge in [-0.25, -0.2) is 4.39 Å². The van der Waals surface area contributed by atoms with Gasteiger partial charge < -0.3 is 5.32 Å². The van der Waals surface area contributed by atoms with Gasteiger partial charge in [0.25, 0.3) is 0 Å². The van der Waals surface area contributed by atoms with Gasteiger partial charge >= 0.3 is 0 Å². The van der Waals surface area contributed by atoms with E-state index in [4.69, 9.17) is 11.6 Å². The number of nitrogens with one attached hydrogen (secondary N) is 1. The van der Waals surface area contributed by atoms with E-state index in [2.05, 4.69) is 12.2 Å². The van der Waals surface area contributed by atoms with E-state index in [1.165, 1.54) is 31.7 Å². The second-order valence-corrected chi connectivity index (χ2v) is 6.92. The van der Waals surface area contributed by atoms with Crippen LogP contribution in [0.15, 0.2) is 18.2 Å². The van der Waals surface area contributed by atoms with Gasteiger partial charge in [0.2, 0.25) is 0 Å². The van der Waals surface area contributed by atoms with E-state index in [0.717, 1.165) is 30.5 Å². The first-order chi connectivity index (χ1) is 9.07. The Morgan fingerprint density at radius 2 is 2.05 bits per heavy atom. The largest absolute Gasteiger partial charge is 0.313 e. The molecule has 0 saturated heterocycles. The summed E-state index contributed by atoms with van der Waals surface area (Å²) >= 11 is 5.88. The number of hydrogen-bond acceptors (Lipinski definition) is 1. The molecule has 1 N–H and O–H groups in total. The molecule has 19 heavy (non-hydrogen) atoms. The van der Waals surface area contributed by atoms with Gasteiger partial charge in [-0.05, 0) is 61.1 Å². The minimum Gasteiger partial charge on any atom is -0.313 e. The first-order valence-corrected chi connectivity index (χ1v) is 7.62. The molecule has 3 rings (SSSR count). The highest BCUT2D eigenvalue weighted by atomic mass is 35.5. The molecule has 1 aromatic rings. The van der Waals surface area contributed by atoms with Crippen molar-refractivity contribution in [2.24, 2.45) is 11.3 Å². The smallest absolute Gasteiger partial charge is 0.141 e. The molecule has 2 aliphatic carbocycles. The summed E-state index contributed by atoms with van der Waals surface area (Å²) in [6.07, 6.45) is 6.29. The third kappa shape index (κ3) is 3.29. The van der Waals surface area contributed by atoms with E-state index < -0.39 is 0 Å². The summed E-state index contributed by atoms with van der Waals surface area (Å²) in [6, 6.07) is 5.89. The van der Waals surface area contributed by atoms with Crippen molar-refractivity contribution in [1.29, 1.82) is 0 Å². The molecule has 2 fully saturated rings. The molecule has 0 radical (unpaired) electrons. The number of hydrogen-bond donors (Lipinski definition) is 1. The van der Waals surface area contributed by atoms with Crippen LogP contribution in [0, 0.1) is 17.2 Å². The molecule has 1 unspecified atom stereocenters. The standard InChI is InChI=1S/C16H21ClFN/c1-16(12-3-4-12,10-19-13-5-6-13)9-11-2-7-15(18)14(17)8-11/h2,7-8,12-13,19H,3-6,9-10H2,1H3. The summed E-state index contributed by atoms with van der Waals surface area (Å²) in [4.78, 5) is 0. The molecule has 0 aromatic heterocycles. The van der Waals surface area contributed by atoms with Crippen molar-refractivity contribution in [2.45, 2.75) is 45.1 Å². The average molecular weight is 282 g/mol. The Morgan fingerprint density at radius 1 is 1.32 bits per heavy atom. The van der Waals surface area contributed by atoms with Crippen molar-refractivity contribution in [3.63, 3.8) is 0 Å². The van der Waals surface area contributed by atoms with Gasteiger partial charge in [0.15, 0.2) is 0 Å². The highest BCUT2D eigenvalue weighted by molar-refractivity contribution is 6.30. The Balaban J connectivity index is 1.70. The minimum atomic E-state index is -0.324. The van der Waals surface area contributed by atoms with Gasteiger partial charge in [-0.2, -0.15) is 0 Å². The molecular formula is C16H21ClFN. The molecule has 104 valence electrons. The lowest BCUT2D eigenvalue weighted by Crippen LogP contribution is -2.36. The van der Waals surface area contributed by atoms with Crippen LogP contribution in [0.25, 0.3) is 0 Å². The molecule has 2 saturated carbocycles. The number of rotatable bonds is 6. The van der Waals surface area contributed by atoms with E-state index in [0.29, 0.717) is 0 Å². The number of halogens is 2. The summed E-state index contributed by atoms with van der Waals surface area (Å²) in [7, 11) is 0. The maximum absolute atomic E-state index is 13.2. The normalized spacial score (nSPS) is 22.3. The third-order valence-corrected chi connectivity index (χ3v) is 4.82. The molecule has 0 amide bonds. The fourth-order valence-electron chi connectivity index (χ4n) is 2.91. The Morgan fingerprint density at radius 3 is 2.63 bits per heavy atom. The topological polar surface area (TPSA) is 12.0 Å².